The summed E-state index contributed by atoms with van der Waals surface area (Å²) in [5, 5.41) is 2.38. The molecular weight excluding hydrogens is 385 g/mol. The monoisotopic (exact) mass is 404 g/mol. The summed E-state index contributed by atoms with van der Waals surface area (Å²) in [6.45, 7) is 3.77. The zero-order valence-corrected chi connectivity index (χ0v) is 15.8. The first-order valence-electron chi connectivity index (χ1n) is 8.97. The highest BCUT2D eigenvalue weighted by Gasteiger charge is 2.33. The van der Waals surface area contributed by atoms with Crippen LogP contribution < -0.4 is 10.9 Å². The molecule has 152 valence electrons. The van der Waals surface area contributed by atoms with Crippen molar-refractivity contribution in [2.75, 3.05) is 0 Å². The summed E-state index contributed by atoms with van der Waals surface area (Å²) in [4.78, 5) is 33.7. The van der Waals surface area contributed by atoms with Crippen LogP contribution in [0.2, 0.25) is 0 Å². The molecule has 1 N–H and O–H groups in total. The van der Waals surface area contributed by atoms with Gasteiger partial charge >= 0.3 is 6.18 Å². The second-order valence-corrected chi connectivity index (χ2v) is 6.95. The van der Waals surface area contributed by atoms with Crippen LogP contribution in [0.5, 0.6) is 0 Å². The minimum atomic E-state index is -4.54. The van der Waals surface area contributed by atoms with E-state index in [2.05, 4.69) is 15.3 Å². The Labute approximate surface area is 164 Å². The predicted octanol–water partition coefficient (Wildman–Crippen LogP) is 3.40. The lowest BCUT2D eigenvalue weighted by Crippen LogP contribution is -2.35. The van der Waals surface area contributed by atoms with Crippen molar-refractivity contribution in [2.24, 2.45) is 5.92 Å². The Bertz CT molecular complexity index is 1110. The third-order valence-electron chi connectivity index (χ3n) is 4.23. The molecule has 9 heteroatoms. The van der Waals surface area contributed by atoms with E-state index in [1.807, 2.05) is 13.8 Å². The molecule has 29 heavy (non-hydrogen) atoms. The number of aromatic nitrogens is 3. The molecule has 0 bridgehead atoms. The molecule has 0 saturated carbocycles. The van der Waals surface area contributed by atoms with Gasteiger partial charge in [0, 0.05) is 19.3 Å². The maximum absolute atomic E-state index is 13.1. The number of nitrogens with one attached hydrogen (secondary N) is 1. The summed E-state index contributed by atoms with van der Waals surface area (Å²) < 4.78 is 40.7. The number of benzene rings is 1. The second kappa shape index (κ2) is 8.02. The zero-order chi connectivity index (χ0) is 21.2. The number of amides is 1. The third kappa shape index (κ3) is 4.44. The Balaban J connectivity index is 1.95. The maximum Gasteiger partial charge on any atom is 0.416 e. The van der Waals surface area contributed by atoms with Crippen LogP contribution in [-0.2, 0) is 19.3 Å². The lowest BCUT2D eigenvalue weighted by Gasteiger charge is -2.14. The molecule has 0 atom stereocenters. The number of rotatable bonds is 5. The third-order valence-corrected chi connectivity index (χ3v) is 4.23. The molecule has 0 aliphatic carbocycles. The van der Waals surface area contributed by atoms with Gasteiger partial charge in [-0.05, 0) is 29.7 Å². The molecule has 1 amide bonds. The number of hydrogen-bond donors (Lipinski definition) is 1. The van der Waals surface area contributed by atoms with E-state index in [9.17, 15) is 22.8 Å². The van der Waals surface area contributed by atoms with Gasteiger partial charge in [-0.1, -0.05) is 32.0 Å². The van der Waals surface area contributed by atoms with Crippen molar-refractivity contribution in [1.82, 2.24) is 19.9 Å². The van der Waals surface area contributed by atoms with Crippen molar-refractivity contribution < 1.29 is 18.0 Å². The van der Waals surface area contributed by atoms with Crippen molar-refractivity contribution in [3.05, 3.63) is 69.8 Å². The molecule has 6 nitrogen and oxygen atoms in total. The van der Waals surface area contributed by atoms with Gasteiger partial charge in [0.05, 0.1) is 5.56 Å². The minimum Gasteiger partial charge on any atom is -0.346 e. The molecule has 0 aliphatic rings. The quantitative estimate of drug-likeness (QED) is 0.707. The van der Waals surface area contributed by atoms with E-state index in [-0.39, 0.29) is 23.7 Å². The molecule has 1 aromatic carbocycles. The van der Waals surface area contributed by atoms with Gasteiger partial charge in [0.25, 0.3) is 11.5 Å². The molecule has 0 saturated heterocycles. The van der Waals surface area contributed by atoms with Crippen LogP contribution in [0.25, 0.3) is 11.2 Å². The Hall–Kier alpha value is -3.23. The number of fused-ring (bicyclic) bond motifs is 1. The van der Waals surface area contributed by atoms with Crippen molar-refractivity contribution >= 4 is 17.1 Å². The van der Waals surface area contributed by atoms with Gasteiger partial charge in [-0.25, -0.2) is 9.97 Å². The first kappa shape index (κ1) is 20.5. The Kier molecular flexibility index (Phi) is 5.67. The molecule has 2 heterocycles. The first-order chi connectivity index (χ1) is 13.7. The van der Waals surface area contributed by atoms with Crippen molar-refractivity contribution in [3.8, 4) is 0 Å². The van der Waals surface area contributed by atoms with Crippen LogP contribution in [0.1, 0.15) is 35.5 Å². The van der Waals surface area contributed by atoms with E-state index in [0.717, 1.165) is 6.07 Å². The Morgan fingerprint density at radius 1 is 1.17 bits per heavy atom. The summed E-state index contributed by atoms with van der Waals surface area (Å²) in [5.74, 6) is -0.731. The Morgan fingerprint density at radius 3 is 2.59 bits per heavy atom. The highest BCUT2D eigenvalue weighted by Crippen LogP contribution is 2.31. The van der Waals surface area contributed by atoms with E-state index in [0.29, 0.717) is 17.7 Å². The molecule has 0 spiro atoms. The largest absolute Gasteiger partial charge is 0.416 e. The van der Waals surface area contributed by atoms with E-state index in [1.54, 1.807) is 12.1 Å². The van der Waals surface area contributed by atoms with Gasteiger partial charge in [0.1, 0.15) is 5.52 Å². The second-order valence-electron chi connectivity index (χ2n) is 6.95. The topological polar surface area (TPSA) is 76.9 Å². The van der Waals surface area contributed by atoms with Gasteiger partial charge in [-0.3, -0.25) is 14.2 Å². The SMILES string of the molecule is CC(C)Cn1c(=O)c(C(=O)NCc2ccccc2C(F)(F)F)nc2cccnc21. The van der Waals surface area contributed by atoms with Gasteiger partial charge < -0.3 is 5.32 Å². The van der Waals surface area contributed by atoms with Crippen LogP contribution in [-0.4, -0.2) is 20.4 Å². The number of carbonyl (C=O) groups is 1. The molecule has 2 aromatic heterocycles. The van der Waals surface area contributed by atoms with Crippen molar-refractivity contribution in [2.45, 2.75) is 33.1 Å². The first-order valence-corrected chi connectivity index (χ1v) is 8.97. The van der Waals surface area contributed by atoms with Crippen LogP contribution in [0.3, 0.4) is 0 Å². The van der Waals surface area contributed by atoms with Crippen LogP contribution in [0.15, 0.2) is 47.4 Å². The van der Waals surface area contributed by atoms with E-state index < -0.39 is 23.2 Å². The fourth-order valence-corrected chi connectivity index (χ4v) is 2.97. The summed E-state index contributed by atoms with van der Waals surface area (Å²) in [6, 6.07) is 8.19. The Morgan fingerprint density at radius 2 is 1.90 bits per heavy atom. The number of carbonyl (C=O) groups excluding carboxylic acids is 1. The summed E-state index contributed by atoms with van der Waals surface area (Å²) in [5.41, 5.74) is -1.24. The maximum atomic E-state index is 13.1. The van der Waals surface area contributed by atoms with Gasteiger partial charge in [0.2, 0.25) is 0 Å². The average Bonchev–Trinajstić information content (AvgIpc) is 2.67. The fourth-order valence-electron chi connectivity index (χ4n) is 2.97. The normalized spacial score (nSPS) is 11.8. The van der Waals surface area contributed by atoms with Crippen LogP contribution in [0.4, 0.5) is 13.2 Å². The highest BCUT2D eigenvalue weighted by atomic mass is 19.4. The fraction of sp³-hybridized carbons (Fsp3) is 0.300. The summed E-state index contributed by atoms with van der Waals surface area (Å²) in [6.07, 6.45) is -3.02. The molecule has 0 unspecified atom stereocenters. The van der Waals surface area contributed by atoms with Crippen molar-refractivity contribution in [3.63, 3.8) is 0 Å². The standard InChI is InChI=1S/C20H19F3N4O2/c1-12(2)11-27-17-15(8-5-9-24-17)26-16(19(27)29)18(28)25-10-13-6-3-4-7-14(13)20(21,22)23/h3-9,12H,10-11H2,1-2H3,(H,25,28). The molecule has 3 rings (SSSR count). The lowest BCUT2D eigenvalue weighted by atomic mass is 10.1. The van der Waals surface area contributed by atoms with Crippen molar-refractivity contribution in [1.29, 1.82) is 0 Å². The van der Waals surface area contributed by atoms with Gasteiger partial charge in [0.15, 0.2) is 11.3 Å². The van der Waals surface area contributed by atoms with Crippen LogP contribution >= 0.6 is 0 Å². The predicted molar refractivity (Wildman–Crippen MR) is 101 cm³/mol. The van der Waals surface area contributed by atoms with E-state index in [4.69, 9.17) is 0 Å². The van der Waals surface area contributed by atoms with E-state index >= 15 is 0 Å². The number of hydrogen-bond acceptors (Lipinski definition) is 4. The molecule has 0 radical (unpaired) electrons. The average molecular weight is 404 g/mol. The molecule has 3 aromatic rings. The van der Waals surface area contributed by atoms with Gasteiger partial charge in [-0.15, -0.1) is 0 Å². The smallest absolute Gasteiger partial charge is 0.346 e. The summed E-state index contributed by atoms with van der Waals surface area (Å²) >= 11 is 0. The molecular formula is C20H19F3N4O2. The minimum absolute atomic E-state index is 0.0988. The number of nitrogens with zero attached hydrogens (tertiary/aromatic N) is 3. The van der Waals surface area contributed by atoms with Crippen LogP contribution in [0, 0.1) is 5.92 Å². The number of halogens is 3. The number of pyridine rings is 1. The summed E-state index contributed by atoms with van der Waals surface area (Å²) in [7, 11) is 0. The lowest BCUT2D eigenvalue weighted by molar-refractivity contribution is -0.138. The number of alkyl halides is 3. The molecule has 0 fully saturated rings. The zero-order valence-electron chi connectivity index (χ0n) is 15.8. The molecule has 0 aliphatic heterocycles. The van der Waals surface area contributed by atoms with E-state index in [1.165, 1.54) is 29.0 Å². The van der Waals surface area contributed by atoms with Gasteiger partial charge in [-0.2, -0.15) is 13.2 Å². The highest BCUT2D eigenvalue weighted by molar-refractivity contribution is 5.93.